The fourth-order valence-corrected chi connectivity index (χ4v) is 2.26. The molecule has 0 aromatic carbocycles. The Morgan fingerprint density at radius 2 is 2.28 bits per heavy atom. The summed E-state index contributed by atoms with van der Waals surface area (Å²) < 4.78 is 8.67. The highest BCUT2D eigenvalue weighted by atomic mass is 32.1. The van der Waals surface area contributed by atoms with Gasteiger partial charge < -0.3 is 20.7 Å². The van der Waals surface area contributed by atoms with Crippen molar-refractivity contribution in [2.45, 2.75) is 19.4 Å². The lowest BCUT2D eigenvalue weighted by Crippen LogP contribution is -2.23. The predicted molar refractivity (Wildman–Crippen MR) is 74.1 cm³/mol. The van der Waals surface area contributed by atoms with Gasteiger partial charge in [0.1, 0.15) is 10.6 Å². The Labute approximate surface area is 111 Å². The third-order valence-electron chi connectivity index (χ3n) is 2.49. The Morgan fingerprint density at radius 3 is 2.83 bits per heavy atom. The summed E-state index contributed by atoms with van der Waals surface area (Å²) in [5, 5.41) is 3.92. The van der Waals surface area contributed by atoms with Gasteiger partial charge in [-0.3, -0.25) is 0 Å². The molecule has 7 heteroatoms. The number of esters is 1. The molecule has 1 rings (SSSR count). The van der Waals surface area contributed by atoms with Gasteiger partial charge in [0, 0.05) is 6.04 Å². The molecular formula is C11H20N4O2S. The zero-order chi connectivity index (χ0) is 13.7. The summed E-state index contributed by atoms with van der Waals surface area (Å²) in [4.78, 5) is 13.7. The SMILES string of the molecule is COC(=O)c1c(N)nsc1NC(C)CCN(C)C. The highest BCUT2D eigenvalue weighted by Gasteiger charge is 2.20. The average Bonchev–Trinajstić information content (AvgIpc) is 2.67. The van der Waals surface area contributed by atoms with E-state index in [1.807, 2.05) is 14.1 Å². The smallest absolute Gasteiger partial charge is 0.344 e. The molecule has 18 heavy (non-hydrogen) atoms. The van der Waals surface area contributed by atoms with Gasteiger partial charge in [-0.1, -0.05) is 0 Å². The minimum Gasteiger partial charge on any atom is -0.465 e. The lowest BCUT2D eigenvalue weighted by atomic mass is 10.2. The number of nitrogens with zero attached hydrogens (tertiary/aromatic N) is 2. The molecule has 0 spiro atoms. The van der Waals surface area contributed by atoms with Crippen LogP contribution in [0.3, 0.4) is 0 Å². The molecule has 0 saturated heterocycles. The monoisotopic (exact) mass is 272 g/mol. The van der Waals surface area contributed by atoms with Gasteiger partial charge >= 0.3 is 5.97 Å². The van der Waals surface area contributed by atoms with E-state index in [0.29, 0.717) is 10.6 Å². The topological polar surface area (TPSA) is 80.5 Å². The number of nitrogens with one attached hydrogen (secondary N) is 1. The lowest BCUT2D eigenvalue weighted by Gasteiger charge is -2.17. The van der Waals surface area contributed by atoms with Crippen molar-refractivity contribution >= 4 is 28.3 Å². The molecule has 1 unspecified atom stereocenters. The number of nitrogen functional groups attached to an aromatic ring is 1. The number of hydrogen-bond acceptors (Lipinski definition) is 7. The van der Waals surface area contributed by atoms with Crippen LogP contribution >= 0.6 is 11.5 Å². The fraction of sp³-hybridized carbons (Fsp3) is 0.636. The minimum atomic E-state index is -0.455. The molecule has 0 saturated carbocycles. The zero-order valence-corrected chi connectivity index (χ0v) is 12.0. The van der Waals surface area contributed by atoms with Crippen molar-refractivity contribution in [1.29, 1.82) is 0 Å². The quantitative estimate of drug-likeness (QED) is 0.759. The molecule has 0 bridgehead atoms. The van der Waals surface area contributed by atoms with E-state index in [1.165, 1.54) is 18.6 Å². The van der Waals surface area contributed by atoms with Crippen LogP contribution in [0.1, 0.15) is 23.7 Å². The fourth-order valence-electron chi connectivity index (χ4n) is 1.45. The molecule has 0 aliphatic heterocycles. The molecule has 0 fully saturated rings. The summed E-state index contributed by atoms with van der Waals surface area (Å²) in [5.41, 5.74) is 6.00. The second kappa shape index (κ2) is 6.55. The van der Waals surface area contributed by atoms with E-state index >= 15 is 0 Å². The van der Waals surface area contributed by atoms with Crippen molar-refractivity contribution in [3.8, 4) is 0 Å². The van der Waals surface area contributed by atoms with E-state index in [4.69, 9.17) is 10.5 Å². The van der Waals surface area contributed by atoms with Gasteiger partial charge in [-0.25, -0.2) is 4.79 Å². The van der Waals surface area contributed by atoms with Crippen LogP contribution in [0.25, 0.3) is 0 Å². The number of carbonyl (C=O) groups is 1. The third-order valence-corrected chi connectivity index (χ3v) is 3.29. The van der Waals surface area contributed by atoms with Gasteiger partial charge in [0.2, 0.25) is 0 Å². The van der Waals surface area contributed by atoms with Gasteiger partial charge in [0.05, 0.1) is 7.11 Å². The Hall–Kier alpha value is -1.34. The summed E-state index contributed by atoms with van der Waals surface area (Å²) in [6.45, 7) is 3.02. The normalized spacial score (nSPS) is 12.5. The lowest BCUT2D eigenvalue weighted by molar-refractivity contribution is 0.0603. The predicted octanol–water partition coefficient (Wildman–Crippen LogP) is 1.26. The van der Waals surface area contributed by atoms with Crippen molar-refractivity contribution in [1.82, 2.24) is 9.27 Å². The summed E-state index contributed by atoms with van der Waals surface area (Å²) in [6, 6.07) is 0.232. The van der Waals surface area contributed by atoms with Gasteiger partial charge in [-0.2, -0.15) is 4.37 Å². The molecule has 1 aromatic heterocycles. The van der Waals surface area contributed by atoms with Gasteiger partial charge in [0.25, 0.3) is 0 Å². The van der Waals surface area contributed by atoms with Crippen molar-refractivity contribution < 1.29 is 9.53 Å². The van der Waals surface area contributed by atoms with Crippen LogP contribution in [0, 0.1) is 0 Å². The largest absolute Gasteiger partial charge is 0.465 e. The van der Waals surface area contributed by atoms with E-state index in [9.17, 15) is 4.79 Å². The number of nitrogens with two attached hydrogens (primary N) is 1. The maximum atomic E-state index is 11.6. The highest BCUT2D eigenvalue weighted by Crippen LogP contribution is 2.28. The van der Waals surface area contributed by atoms with E-state index < -0.39 is 5.97 Å². The van der Waals surface area contributed by atoms with Crippen LogP contribution in [0.2, 0.25) is 0 Å². The van der Waals surface area contributed by atoms with Crippen LogP contribution in [0.15, 0.2) is 0 Å². The van der Waals surface area contributed by atoms with Crippen molar-refractivity contribution in [3.63, 3.8) is 0 Å². The van der Waals surface area contributed by atoms with Crippen molar-refractivity contribution in [2.75, 3.05) is 38.8 Å². The second-order valence-corrected chi connectivity index (χ2v) is 5.17. The summed E-state index contributed by atoms with van der Waals surface area (Å²) in [5.74, 6) is -0.238. The van der Waals surface area contributed by atoms with Gasteiger partial charge in [-0.05, 0) is 45.5 Å². The summed E-state index contributed by atoms with van der Waals surface area (Å²) >= 11 is 1.18. The standard InChI is InChI=1S/C11H20N4O2S/c1-7(5-6-15(2)3)13-10-8(11(16)17-4)9(12)14-18-10/h7,13H,5-6H2,1-4H3,(H2,12,14). The molecule has 3 N–H and O–H groups in total. The molecule has 0 aliphatic rings. The number of methoxy groups -OCH3 is 1. The van der Waals surface area contributed by atoms with Crippen molar-refractivity contribution in [3.05, 3.63) is 5.56 Å². The maximum Gasteiger partial charge on any atom is 0.344 e. The Morgan fingerprint density at radius 1 is 1.61 bits per heavy atom. The molecule has 0 radical (unpaired) electrons. The highest BCUT2D eigenvalue weighted by molar-refractivity contribution is 7.11. The van der Waals surface area contributed by atoms with Crippen LogP contribution < -0.4 is 11.1 Å². The van der Waals surface area contributed by atoms with E-state index in [0.717, 1.165) is 13.0 Å². The number of aromatic nitrogens is 1. The first-order valence-electron chi connectivity index (χ1n) is 5.70. The molecule has 6 nitrogen and oxygen atoms in total. The Balaban J connectivity index is 2.70. The second-order valence-electron chi connectivity index (χ2n) is 4.40. The van der Waals surface area contributed by atoms with E-state index in [2.05, 4.69) is 21.5 Å². The van der Waals surface area contributed by atoms with E-state index in [1.54, 1.807) is 0 Å². The summed E-state index contributed by atoms with van der Waals surface area (Å²) in [7, 11) is 5.38. The number of ether oxygens (including phenoxy) is 1. The maximum absolute atomic E-state index is 11.6. The van der Waals surface area contributed by atoms with Crippen LogP contribution in [0.5, 0.6) is 0 Å². The van der Waals surface area contributed by atoms with Crippen LogP contribution in [0.4, 0.5) is 10.8 Å². The number of anilines is 2. The average molecular weight is 272 g/mol. The van der Waals surface area contributed by atoms with E-state index in [-0.39, 0.29) is 11.9 Å². The molecule has 1 aromatic rings. The third kappa shape index (κ3) is 3.85. The zero-order valence-electron chi connectivity index (χ0n) is 11.2. The van der Waals surface area contributed by atoms with Gasteiger partial charge in [-0.15, -0.1) is 0 Å². The first-order chi connectivity index (χ1) is 8.45. The van der Waals surface area contributed by atoms with Gasteiger partial charge in [0.15, 0.2) is 5.82 Å². The van der Waals surface area contributed by atoms with Crippen LogP contribution in [-0.4, -0.2) is 49.0 Å². The molecule has 0 aliphatic carbocycles. The van der Waals surface area contributed by atoms with Crippen molar-refractivity contribution in [2.24, 2.45) is 0 Å². The van der Waals surface area contributed by atoms with Crippen LogP contribution in [-0.2, 0) is 4.74 Å². The molecule has 0 amide bonds. The number of rotatable bonds is 6. The first-order valence-corrected chi connectivity index (χ1v) is 6.47. The molecule has 1 heterocycles. The molecular weight excluding hydrogens is 252 g/mol. The minimum absolute atomic E-state index is 0.217. The molecule has 102 valence electrons. The number of hydrogen-bond donors (Lipinski definition) is 2. The first kappa shape index (κ1) is 14.7. The number of carbonyl (C=O) groups excluding carboxylic acids is 1. The Bertz CT molecular complexity index is 406. The Kier molecular flexibility index (Phi) is 5.36. The molecule has 1 atom stereocenters. The summed E-state index contributed by atoms with van der Waals surface area (Å²) in [6.07, 6.45) is 0.964.